The first kappa shape index (κ1) is 16.8. The van der Waals surface area contributed by atoms with Gasteiger partial charge in [-0.15, -0.1) is 0 Å². The quantitative estimate of drug-likeness (QED) is 0.814. The first-order chi connectivity index (χ1) is 12.7. The van der Waals surface area contributed by atoms with E-state index in [1.54, 1.807) is 0 Å². The molecular weight excluding hydrogens is 324 g/mol. The Bertz CT molecular complexity index is 812. The molecule has 4 heteroatoms. The number of rotatable bonds is 6. The Balaban J connectivity index is 1.32. The largest absolute Gasteiger partial charge is 0.352 e. The molecule has 1 fully saturated rings. The minimum Gasteiger partial charge on any atom is -0.352 e. The van der Waals surface area contributed by atoms with Gasteiger partial charge in [0.05, 0.1) is 0 Å². The highest BCUT2D eigenvalue weighted by molar-refractivity contribution is 6.00. The minimum absolute atomic E-state index is 0.0344. The van der Waals surface area contributed by atoms with Crippen LogP contribution in [-0.4, -0.2) is 24.9 Å². The number of aryl methyl sites for hydroxylation is 1. The van der Waals surface area contributed by atoms with E-state index in [1.165, 1.54) is 5.56 Å². The number of amides is 2. The van der Waals surface area contributed by atoms with Gasteiger partial charge in [-0.05, 0) is 61.4 Å². The Hall–Kier alpha value is -2.62. The molecule has 4 nitrogen and oxygen atoms in total. The molecule has 0 radical (unpaired) electrons. The van der Waals surface area contributed by atoms with Crippen molar-refractivity contribution < 1.29 is 9.59 Å². The monoisotopic (exact) mass is 348 g/mol. The summed E-state index contributed by atoms with van der Waals surface area (Å²) in [6.07, 6.45) is 4.76. The lowest BCUT2D eigenvalue weighted by Crippen LogP contribution is -2.30. The molecule has 1 aliphatic heterocycles. The molecule has 1 heterocycles. The van der Waals surface area contributed by atoms with Crippen LogP contribution in [-0.2, 0) is 17.6 Å². The highest BCUT2D eigenvalue weighted by Gasteiger charge is 2.36. The van der Waals surface area contributed by atoms with Crippen molar-refractivity contribution in [3.63, 3.8) is 0 Å². The summed E-state index contributed by atoms with van der Waals surface area (Å²) in [5.41, 5.74) is 4.07. The van der Waals surface area contributed by atoms with E-state index in [1.807, 2.05) is 41.3 Å². The summed E-state index contributed by atoms with van der Waals surface area (Å²) < 4.78 is 0. The van der Waals surface area contributed by atoms with Gasteiger partial charge in [0.2, 0.25) is 5.91 Å². The Morgan fingerprint density at radius 1 is 1.08 bits per heavy atom. The standard InChI is InChI=1S/C22H24N2O2/c25-21(23-13-4-7-16-5-2-1-3-6-16)19-10-11-20-18(15-19)12-14-24(20)22(26)17-8-9-17/h1-3,5-6,10-11,15,17H,4,7-9,12-14H2,(H,23,25). The number of nitrogens with zero attached hydrogens (tertiary/aromatic N) is 1. The van der Waals surface area contributed by atoms with Gasteiger partial charge in [-0.25, -0.2) is 0 Å². The van der Waals surface area contributed by atoms with Gasteiger partial charge < -0.3 is 10.2 Å². The zero-order chi connectivity index (χ0) is 17.9. The van der Waals surface area contributed by atoms with Crippen molar-refractivity contribution in [3.8, 4) is 0 Å². The van der Waals surface area contributed by atoms with Crippen LogP contribution in [0.2, 0.25) is 0 Å². The summed E-state index contributed by atoms with van der Waals surface area (Å²) in [5.74, 6) is 0.447. The van der Waals surface area contributed by atoms with Gasteiger partial charge in [-0.2, -0.15) is 0 Å². The predicted molar refractivity (Wildman–Crippen MR) is 102 cm³/mol. The van der Waals surface area contributed by atoms with Crippen molar-refractivity contribution >= 4 is 17.5 Å². The zero-order valence-electron chi connectivity index (χ0n) is 14.9. The van der Waals surface area contributed by atoms with E-state index in [2.05, 4.69) is 17.4 Å². The molecule has 134 valence electrons. The first-order valence-electron chi connectivity index (χ1n) is 9.49. The Labute approximate surface area is 154 Å². The van der Waals surface area contributed by atoms with E-state index in [-0.39, 0.29) is 17.7 Å². The molecule has 0 saturated heterocycles. The number of hydrogen-bond acceptors (Lipinski definition) is 2. The van der Waals surface area contributed by atoms with E-state index in [9.17, 15) is 9.59 Å². The van der Waals surface area contributed by atoms with E-state index in [0.717, 1.165) is 49.9 Å². The van der Waals surface area contributed by atoms with Crippen LogP contribution in [0.3, 0.4) is 0 Å². The smallest absolute Gasteiger partial charge is 0.251 e. The van der Waals surface area contributed by atoms with Gasteiger partial charge in [0.1, 0.15) is 0 Å². The molecule has 0 spiro atoms. The third-order valence-corrected chi connectivity index (χ3v) is 5.20. The maximum absolute atomic E-state index is 12.4. The molecule has 2 amide bonds. The summed E-state index contributed by atoms with van der Waals surface area (Å²) >= 11 is 0. The molecule has 0 aromatic heterocycles. The second-order valence-electron chi connectivity index (χ2n) is 7.20. The molecular formula is C22H24N2O2. The van der Waals surface area contributed by atoms with E-state index in [0.29, 0.717) is 12.1 Å². The normalized spacial score (nSPS) is 15.6. The van der Waals surface area contributed by atoms with Gasteiger partial charge in [0.25, 0.3) is 5.91 Å². The van der Waals surface area contributed by atoms with Gasteiger partial charge in [0.15, 0.2) is 0 Å². The summed E-state index contributed by atoms with van der Waals surface area (Å²) in [5, 5.41) is 3.00. The maximum atomic E-state index is 12.4. The van der Waals surface area contributed by atoms with Crippen LogP contribution in [0.1, 0.15) is 40.7 Å². The van der Waals surface area contributed by atoms with Crippen molar-refractivity contribution in [1.82, 2.24) is 5.32 Å². The Morgan fingerprint density at radius 3 is 2.65 bits per heavy atom. The lowest BCUT2D eigenvalue weighted by Gasteiger charge is -2.17. The van der Waals surface area contributed by atoms with Gasteiger partial charge >= 0.3 is 0 Å². The van der Waals surface area contributed by atoms with Crippen LogP contribution in [0.4, 0.5) is 5.69 Å². The first-order valence-corrected chi connectivity index (χ1v) is 9.49. The average molecular weight is 348 g/mol. The van der Waals surface area contributed by atoms with Crippen LogP contribution in [0.5, 0.6) is 0 Å². The van der Waals surface area contributed by atoms with Crippen LogP contribution in [0.25, 0.3) is 0 Å². The minimum atomic E-state index is -0.0344. The highest BCUT2D eigenvalue weighted by Crippen LogP contribution is 2.36. The molecule has 2 aromatic rings. The Kier molecular flexibility index (Phi) is 4.74. The molecule has 1 N–H and O–H groups in total. The summed E-state index contributed by atoms with van der Waals surface area (Å²) in [7, 11) is 0. The highest BCUT2D eigenvalue weighted by atomic mass is 16.2. The summed E-state index contributed by atoms with van der Waals surface area (Å²) in [6.45, 7) is 1.41. The SMILES string of the molecule is O=C(NCCCc1ccccc1)c1ccc2c(c1)CCN2C(=O)C1CC1. The molecule has 0 atom stereocenters. The van der Waals surface area contributed by atoms with Crippen molar-refractivity contribution in [3.05, 3.63) is 65.2 Å². The van der Waals surface area contributed by atoms with Crippen molar-refractivity contribution in [2.24, 2.45) is 5.92 Å². The number of carbonyl (C=O) groups excluding carboxylic acids is 2. The summed E-state index contributed by atoms with van der Waals surface area (Å²) in [6, 6.07) is 16.0. The number of anilines is 1. The topological polar surface area (TPSA) is 49.4 Å². The number of benzene rings is 2. The van der Waals surface area contributed by atoms with Crippen LogP contribution in [0, 0.1) is 5.92 Å². The van der Waals surface area contributed by atoms with E-state index in [4.69, 9.17) is 0 Å². The van der Waals surface area contributed by atoms with Crippen molar-refractivity contribution in [2.45, 2.75) is 32.1 Å². The molecule has 1 aliphatic carbocycles. The van der Waals surface area contributed by atoms with Gasteiger partial charge in [-0.3, -0.25) is 9.59 Å². The molecule has 2 aliphatic rings. The fourth-order valence-corrected chi connectivity index (χ4v) is 3.56. The van der Waals surface area contributed by atoms with Crippen molar-refractivity contribution in [1.29, 1.82) is 0 Å². The third-order valence-electron chi connectivity index (χ3n) is 5.20. The van der Waals surface area contributed by atoms with E-state index >= 15 is 0 Å². The fraction of sp³-hybridized carbons (Fsp3) is 0.364. The zero-order valence-corrected chi connectivity index (χ0v) is 14.9. The molecule has 0 bridgehead atoms. The predicted octanol–water partition coefficient (Wildman–Crippen LogP) is 3.35. The van der Waals surface area contributed by atoms with Gasteiger partial charge in [-0.1, -0.05) is 30.3 Å². The molecule has 2 aromatic carbocycles. The molecule has 4 rings (SSSR count). The van der Waals surface area contributed by atoms with Crippen LogP contribution < -0.4 is 10.2 Å². The maximum Gasteiger partial charge on any atom is 0.251 e. The number of fused-ring (bicyclic) bond motifs is 1. The van der Waals surface area contributed by atoms with Crippen LogP contribution in [0.15, 0.2) is 48.5 Å². The van der Waals surface area contributed by atoms with Crippen molar-refractivity contribution in [2.75, 3.05) is 18.0 Å². The molecule has 0 unspecified atom stereocenters. The second-order valence-corrected chi connectivity index (χ2v) is 7.20. The average Bonchev–Trinajstić information content (AvgIpc) is 3.44. The van der Waals surface area contributed by atoms with Gasteiger partial charge in [0, 0.05) is 30.3 Å². The number of nitrogens with one attached hydrogen (secondary N) is 1. The number of hydrogen-bond donors (Lipinski definition) is 1. The Morgan fingerprint density at radius 2 is 1.88 bits per heavy atom. The fourth-order valence-electron chi connectivity index (χ4n) is 3.56. The summed E-state index contributed by atoms with van der Waals surface area (Å²) in [4.78, 5) is 26.6. The van der Waals surface area contributed by atoms with E-state index < -0.39 is 0 Å². The molecule has 26 heavy (non-hydrogen) atoms. The van der Waals surface area contributed by atoms with Crippen LogP contribution >= 0.6 is 0 Å². The third kappa shape index (κ3) is 3.64. The molecule has 1 saturated carbocycles. The lowest BCUT2D eigenvalue weighted by molar-refractivity contribution is -0.119. The lowest BCUT2D eigenvalue weighted by atomic mass is 10.1. The number of carbonyl (C=O) groups is 2. The second kappa shape index (κ2) is 7.32.